The molecule has 4 fully saturated rings. The molecule has 0 spiro atoms. The molecule has 226 valence electrons. The van der Waals surface area contributed by atoms with Crippen molar-refractivity contribution in [3.05, 3.63) is 65.4 Å². The van der Waals surface area contributed by atoms with Crippen LogP contribution in [0.5, 0.6) is 0 Å². The molecule has 5 aliphatic rings. The van der Waals surface area contributed by atoms with E-state index in [0.29, 0.717) is 76.7 Å². The van der Waals surface area contributed by atoms with Crippen molar-refractivity contribution in [3.8, 4) is 0 Å². The first-order chi connectivity index (χ1) is 20.9. The predicted molar refractivity (Wildman–Crippen MR) is 156 cm³/mol. The maximum atomic E-state index is 14.0. The second-order valence-corrected chi connectivity index (χ2v) is 11.9. The van der Waals surface area contributed by atoms with Crippen molar-refractivity contribution in [1.29, 1.82) is 0 Å². The van der Waals surface area contributed by atoms with Crippen LogP contribution in [0.3, 0.4) is 0 Å². The fraction of sp³-hybridized carbons (Fsp3) is 0.515. The standard InChI is InChI=1S/C33H38N4O6/c38-29(24-12-4-5-13-24)34-18-6-14-25(34)30(39)35-19-7-15-26(35)31(40)36-20-8-16-27(36)32(41)37-21-9-17-28(37)33(42)43-22-23-10-2-1-3-11-23/h1-5,10-12,25-28H,6-9,14-22H2/t25-,26-,27-,28-/m0/s1. The largest absolute Gasteiger partial charge is 0.459 e. The number of benzene rings is 1. The molecule has 4 saturated heterocycles. The number of hydrogen-bond acceptors (Lipinski definition) is 6. The van der Waals surface area contributed by atoms with Crippen molar-refractivity contribution in [2.45, 2.75) is 82.1 Å². The summed E-state index contributed by atoms with van der Waals surface area (Å²) in [7, 11) is 0. The normalized spacial score (nSPS) is 26.4. The van der Waals surface area contributed by atoms with Gasteiger partial charge < -0.3 is 24.3 Å². The molecule has 1 aromatic rings. The van der Waals surface area contributed by atoms with Gasteiger partial charge in [-0.3, -0.25) is 19.2 Å². The molecule has 43 heavy (non-hydrogen) atoms. The maximum Gasteiger partial charge on any atom is 0.329 e. The first kappa shape index (κ1) is 28.9. The lowest BCUT2D eigenvalue weighted by Gasteiger charge is -2.35. The smallest absolute Gasteiger partial charge is 0.329 e. The Morgan fingerprint density at radius 3 is 1.70 bits per heavy atom. The minimum Gasteiger partial charge on any atom is -0.459 e. The van der Waals surface area contributed by atoms with E-state index in [0.717, 1.165) is 12.0 Å². The third kappa shape index (κ3) is 5.76. The molecular weight excluding hydrogens is 548 g/mol. The number of esters is 1. The quantitative estimate of drug-likeness (QED) is 0.359. The molecule has 10 heteroatoms. The summed E-state index contributed by atoms with van der Waals surface area (Å²) in [5.74, 6) is -1.27. The number of ether oxygens (including phenoxy) is 1. The first-order valence-electron chi connectivity index (χ1n) is 15.5. The first-order valence-corrected chi connectivity index (χ1v) is 15.5. The number of carbonyl (C=O) groups excluding carboxylic acids is 5. The molecule has 1 aromatic carbocycles. The van der Waals surface area contributed by atoms with E-state index in [-0.39, 0.29) is 30.2 Å². The van der Waals surface area contributed by atoms with E-state index in [1.165, 1.54) is 0 Å². The molecular formula is C33H38N4O6. The molecule has 0 unspecified atom stereocenters. The van der Waals surface area contributed by atoms with Gasteiger partial charge in [0.25, 0.3) is 5.91 Å². The van der Waals surface area contributed by atoms with E-state index in [1.54, 1.807) is 37.8 Å². The molecule has 10 nitrogen and oxygen atoms in total. The number of amides is 4. The van der Waals surface area contributed by atoms with Gasteiger partial charge in [0.1, 0.15) is 30.8 Å². The van der Waals surface area contributed by atoms with Gasteiger partial charge in [-0.15, -0.1) is 5.73 Å². The number of likely N-dealkylation sites (tertiary alicyclic amines) is 4. The van der Waals surface area contributed by atoms with Gasteiger partial charge >= 0.3 is 5.97 Å². The van der Waals surface area contributed by atoms with Gasteiger partial charge in [0.2, 0.25) is 17.7 Å². The third-order valence-electron chi connectivity index (χ3n) is 9.30. The monoisotopic (exact) mass is 586 g/mol. The highest BCUT2D eigenvalue weighted by Gasteiger charge is 2.47. The zero-order chi connectivity index (χ0) is 29.9. The summed E-state index contributed by atoms with van der Waals surface area (Å²) >= 11 is 0. The molecule has 0 aromatic heterocycles. The highest BCUT2D eigenvalue weighted by molar-refractivity contribution is 6.01. The van der Waals surface area contributed by atoms with Crippen molar-refractivity contribution in [3.63, 3.8) is 0 Å². The van der Waals surface area contributed by atoms with Crippen LogP contribution in [0.2, 0.25) is 0 Å². The Hall–Kier alpha value is -4.17. The Labute approximate surface area is 251 Å². The lowest BCUT2D eigenvalue weighted by Crippen LogP contribution is -2.56. The van der Waals surface area contributed by atoms with Crippen LogP contribution < -0.4 is 0 Å². The Morgan fingerprint density at radius 2 is 1.16 bits per heavy atom. The second kappa shape index (κ2) is 12.6. The topological polar surface area (TPSA) is 108 Å². The second-order valence-electron chi connectivity index (χ2n) is 11.9. The Bertz CT molecular complexity index is 1380. The van der Waals surface area contributed by atoms with Crippen molar-refractivity contribution >= 4 is 29.6 Å². The van der Waals surface area contributed by atoms with Crippen molar-refractivity contribution in [1.82, 2.24) is 19.6 Å². The summed E-state index contributed by atoms with van der Waals surface area (Å²) < 4.78 is 5.56. The van der Waals surface area contributed by atoms with Crippen LogP contribution in [-0.2, 0) is 35.3 Å². The van der Waals surface area contributed by atoms with E-state index in [4.69, 9.17) is 4.74 Å². The van der Waals surface area contributed by atoms with Crippen LogP contribution in [0, 0.1) is 0 Å². The molecule has 4 atom stereocenters. The number of hydrogen-bond donors (Lipinski definition) is 0. The Morgan fingerprint density at radius 1 is 0.674 bits per heavy atom. The molecule has 4 aliphatic heterocycles. The Kier molecular flexibility index (Phi) is 8.47. The van der Waals surface area contributed by atoms with Crippen LogP contribution in [0.25, 0.3) is 0 Å². The lowest BCUT2D eigenvalue weighted by atomic mass is 10.1. The molecule has 0 saturated carbocycles. The SMILES string of the molecule is O=C(OCc1ccccc1)[C@@H]1CCCN1C(=O)[C@@H]1CCCN1C(=O)[C@@H]1CCCN1C(=O)[C@@H]1CCCN1C(=O)C1=C=CC=C1. The van der Waals surface area contributed by atoms with Crippen LogP contribution in [0.1, 0.15) is 56.9 Å². The van der Waals surface area contributed by atoms with Gasteiger partial charge in [-0.25, -0.2) is 4.79 Å². The summed E-state index contributed by atoms with van der Waals surface area (Å²) in [4.78, 5) is 74.1. The summed E-state index contributed by atoms with van der Waals surface area (Å²) in [6.45, 7) is 1.97. The number of carbonyl (C=O) groups is 5. The summed E-state index contributed by atoms with van der Waals surface area (Å²) in [6, 6.07) is 6.84. The van der Waals surface area contributed by atoms with E-state index in [2.05, 4.69) is 5.73 Å². The molecule has 0 N–H and O–H groups in total. The lowest BCUT2D eigenvalue weighted by molar-refractivity contribution is -0.157. The van der Waals surface area contributed by atoms with Crippen LogP contribution in [0.4, 0.5) is 0 Å². The van der Waals surface area contributed by atoms with Gasteiger partial charge in [0.05, 0.1) is 5.57 Å². The summed E-state index contributed by atoms with van der Waals surface area (Å²) in [6.07, 6.45) is 10.1. The minimum absolute atomic E-state index is 0.146. The van der Waals surface area contributed by atoms with Gasteiger partial charge in [-0.05, 0) is 69.1 Å². The molecule has 0 bridgehead atoms. The summed E-state index contributed by atoms with van der Waals surface area (Å²) in [5, 5.41) is 0. The van der Waals surface area contributed by atoms with Crippen molar-refractivity contribution in [2.24, 2.45) is 0 Å². The average molecular weight is 587 g/mol. The highest BCUT2D eigenvalue weighted by Crippen LogP contribution is 2.31. The van der Waals surface area contributed by atoms with Crippen LogP contribution in [-0.4, -0.2) is 99.5 Å². The number of rotatable bonds is 7. The van der Waals surface area contributed by atoms with E-state index >= 15 is 0 Å². The van der Waals surface area contributed by atoms with E-state index < -0.39 is 30.1 Å². The predicted octanol–water partition coefficient (Wildman–Crippen LogP) is 2.35. The van der Waals surface area contributed by atoms with Crippen LogP contribution in [0.15, 0.2) is 59.9 Å². The minimum atomic E-state index is -0.663. The molecule has 4 amide bonds. The van der Waals surface area contributed by atoms with Crippen molar-refractivity contribution in [2.75, 3.05) is 26.2 Å². The average Bonchev–Trinajstić information content (AvgIpc) is 3.88. The molecule has 0 radical (unpaired) electrons. The third-order valence-corrected chi connectivity index (χ3v) is 9.30. The fourth-order valence-electron chi connectivity index (χ4n) is 7.13. The van der Waals surface area contributed by atoms with Gasteiger partial charge in [-0.2, -0.15) is 0 Å². The summed E-state index contributed by atoms with van der Waals surface area (Å²) in [5.41, 5.74) is 4.25. The van der Waals surface area contributed by atoms with Crippen LogP contribution >= 0.6 is 0 Å². The van der Waals surface area contributed by atoms with Gasteiger partial charge in [0.15, 0.2) is 0 Å². The zero-order valence-electron chi connectivity index (χ0n) is 24.4. The Balaban J connectivity index is 1.11. The van der Waals surface area contributed by atoms with Crippen molar-refractivity contribution < 1.29 is 28.7 Å². The fourth-order valence-corrected chi connectivity index (χ4v) is 7.13. The number of nitrogens with zero attached hydrogens (tertiary/aromatic N) is 4. The molecule has 6 rings (SSSR count). The number of allylic oxidation sites excluding steroid dienone is 1. The van der Waals surface area contributed by atoms with E-state index in [1.807, 2.05) is 30.3 Å². The molecule has 4 heterocycles. The zero-order valence-corrected chi connectivity index (χ0v) is 24.4. The maximum absolute atomic E-state index is 14.0. The van der Waals surface area contributed by atoms with Gasteiger partial charge in [0, 0.05) is 26.2 Å². The van der Waals surface area contributed by atoms with Gasteiger partial charge in [-0.1, -0.05) is 36.4 Å². The molecule has 1 aliphatic carbocycles. The van der Waals surface area contributed by atoms with E-state index in [9.17, 15) is 24.0 Å². The highest BCUT2D eigenvalue weighted by atomic mass is 16.5.